The van der Waals surface area contributed by atoms with E-state index in [9.17, 15) is 32.0 Å². The first kappa shape index (κ1) is 22.7. The number of amides is 1. The van der Waals surface area contributed by atoms with Gasteiger partial charge in [0.05, 0.1) is 12.2 Å². The zero-order valence-corrected chi connectivity index (χ0v) is 15.5. The third-order valence-corrected chi connectivity index (χ3v) is 3.61. The maximum atomic E-state index is 12.8. The lowest BCUT2D eigenvalue weighted by Gasteiger charge is -2.12. The van der Waals surface area contributed by atoms with Crippen LogP contribution < -0.4 is 14.8 Å². The molecule has 0 saturated heterocycles. The van der Waals surface area contributed by atoms with Crippen LogP contribution in [0.15, 0.2) is 48.0 Å². The Morgan fingerprint density at radius 1 is 1.20 bits per heavy atom. The molecule has 0 saturated carbocycles. The van der Waals surface area contributed by atoms with Crippen LogP contribution in [0.4, 0.5) is 27.6 Å². The van der Waals surface area contributed by atoms with Gasteiger partial charge in [0, 0.05) is 5.69 Å². The number of hydrogen-bond acceptors (Lipinski definition) is 4. The molecule has 2 aromatic rings. The Labute approximate surface area is 168 Å². The largest absolute Gasteiger partial charge is 0.490 e. The molecule has 0 fully saturated rings. The van der Waals surface area contributed by atoms with Gasteiger partial charge in [0.15, 0.2) is 11.5 Å². The van der Waals surface area contributed by atoms with Crippen molar-refractivity contribution in [1.29, 1.82) is 5.26 Å². The average Bonchev–Trinajstić information content (AvgIpc) is 2.67. The normalized spacial score (nSPS) is 11.7. The number of benzene rings is 2. The highest BCUT2D eigenvalue weighted by molar-refractivity contribution is 6.09. The number of carbonyl (C=O) groups is 1. The Kier molecular flexibility index (Phi) is 7.36. The smallest absolute Gasteiger partial charge is 0.416 e. The molecule has 5 nitrogen and oxygen atoms in total. The lowest BCUT2D eigenvalue weighted by Crippen LogP contribution is -2.14. The molecule has 0 radical (unpaired) electrons. The van der Waals surface area contributed by atoms with E-state index in [2.05, 4.69) is 10.1 Å². The molecule has 30 heavy (non-hydrogen) atoms. The van der Waals surface area contributed by atoms with Gasteiger partial charge in [-0.3, -0.25) is 4.79 Å². The molecule has 158 valence electrons. The van der Waals surface area contributed by atoms with Crippen LogP contribution in [0.5, 0.6) is 11.5 Å². The summed E-state index contributed by atoms with van der Waals surface area (Å²) in [5.41, 5.74) is -1.27. The number of halogens is 5. The Morgan fingerprint density at radius 2 is 1.93 bits per heavy atom. The number of carbonyl (C=O) groups excluding carboxylic acids is 1. The summed E-state index contributed by atoms with van der Waals surface area (Å²) in [5.74, 6) is -1.19. The highest BCUT2D eigenvalue weighted by atomic mass is 19.4. The lowest BCUT2D eigenvalue weighted by molar-refractivity contribution is -0.137. The molecular weight excluding hydrogens is 411 g/mol. The summed E-state index contributed by atoms with van der Waals surface area (Å²) in [7, 11) is 0. The van der Waals surface area contributed by atoms with Gasteiger partial charge in [0.1, 0.15) is 11.6 Å². The molecule has 0 atom stereocenters. The first-order valence-electron chi connectivity index (χ1n) is 8.46. The highest BCUT2D eigenvalue weighted by Crippen LogP contribution is 2.32. The first-order valence-corrected chi connectivity index (χ1v) is 8.46. The number of alkyl halides is 5. The Morgan fingerprint density at radius 3 is 2.53 bits per heavy atom. The van der Waals surface area contributed by atoms with E-state index in [0.717, 1.165) is 24.3 Å². The van der Waals surface area contributed by atoms with Crippen LogP contribution >= 0.6 is 0 Å². The number of nitriles is 1. The summed E-state index contributed by atoms with van der Waals surface area (Å²) in [5, 5.41) is 11.5. The number of hydrogen-bond donors (Lipinski definition) is 1. The summed E-state index contributed by atoms with van der Waals surface area (Å²) in [4.78, 5) is 12.3. The summed E-state index contributed by atoms with van der Waals surface area (Å²) >= 11 is 0. The van der Waals surface area contributed by atoms with Gasteiger partial charge < -0.3 is 14.8 Å². The molecule has 10 heteroatoms. The monoisotopic (exact) mass is 426 g/mol. The molecule has 0 aliphatic rings. The molecule has 0 aromatic heterocycles. The van der Waals surface area contributed by atoms with Crippen LogP contribution in [0.3, 0.4) is 0 Å². The third kappa shape index (κ3) is 6.20. The van der Waals surface area contributed by atoms with Gasteiger partial charge >= 0.3 is 12.8 Å². The number of rotatable bonds is 7. The number of nitrogens with zero attached hydrogens (tertiary/aromatic N) is 1. The van der Waals surface area contributed by atoms with Gasteiger partial charge in [-0.1, -0.05) is 12.1 Å². The number of nitrogens with one attached hydrogen (secondary N) is 1. The van der Waals surface area contributed by atoms with Crippen LogP contribution in [-0.2, 0) is 11.0 Å². The zero-order valence-electron chi connectivity index (χ0n) is 15.5. The minimum atomic E-state index is -4.59. The predicted octanol–water partition coefficient (Wildman–Crippen LogP) is 5.25. The SMILES string of the molecule is CCOc1cc(/C=C(\C#N)C(=O)Nc2cccc(C(F)(F)F)c2)ccc1OC(F)F. The summed E-state index contributed by atoms with van der Waals surface area (Å²) in [6, 6.07) is 9.37. The molecule has 1 amide bonds. The molecule has 1 N–H and O–H groups in total. The maximum Gasteiger partial charge on any atom is 0.416 e. The van der Waals surface area contributed by atoms with E-state index in [-0.39, 0.29) is 29.4 Å². The van der Waals surface area contributed by atoms with Crippen molar-refractivity contribution in [3.63, 3.8) is 0 Å². The molecule has 0 bridgehead atoms. The van der Waals surface area contributed by atoms with Gasteiger partial charge in [0.2, 0.25) is 0 Å². The van der Waals surface area contributed by atoms with Gasteiger partial charge in [-0.2, -0.15) is 27.2 Å². The Bertz CT molecular complexity index is 981. The molecule has 2 rings (SSSR count). The minimum Gasteiger partial charge on any atom is -0.490 e. The molecule has 2 aromatic carbocycles. The number of ether oxygens (including phenoxy) is 2. The van der Waals surface area contributed by atoms with Gasteiger partial charge in [0.25, 0.3) is 5.91 Å². The summed E-state index contributed by atoms with van der Waals surface area (Å²) < 4.78 is 72.8. The zero-order chi connectivity index (χ0) is 22.3. The van der Waals surface area contributed by atoms with Crippen molar-refractivity contribution in [3.05, 3.63) is 59.2 Å². The molecule has 0 aliphatic heterocycles. The predicted molar refractivity (Wildman–Crippen MR) is 97.9 cm³/mol. The maximum absolute atomic E-state index is 12.8. The fourth-order valence-electron chi connectivity index (χ4n) is 2.36. The van der Waals surface area contributed by atoms with E-state index in [4.69, 9.17) is 4.74 Å². The summed E-state index contributed by atoms with van der Waals surface area (Å²) in [6.45, 7) is -1.30. The van der Waals surface area contributed by atoms with Crippen molar-refractivity contribution in [2.75, 3.05) is 11.9 Å². The van der Waals surface area contributed by atoms with E-state index in [1.807, 2.05) is 0 Å². The first-order chi connectivity index (χ1) is 14.1. The second-order valence-electron chi connectivity index (χ2n) is 5.72. The second-order valence-corrected chi connectivity index (χ2v) is 5.72. The quantitative estimate of drug-likeness (QED) is 0.373. The van der Waals surface area contributed by atoms with Crippen molar-refractivity contribution in [2.45, 2.75) is 19.7 Å². The fraction of sp³-hybridized carbons (Fsp3) is 0.200. The van der Waals surface area contributed by atoms with Crippen molar-refractivity contribution in [3.8, 4) is 17.6 Å². The van der Waals surface area contributed by atoms with Crippen molar-refractivity contribution in [2.24, 2.45) is 0 Å². The van der Waals surface area contributed by atoms with Gasteiger partial charge in [-0.05, 0) is 48.9 Å². The summed E-state index contributed by atoms with van der Waals surface area (Å²) in [6.07, 6.45) is -3.45. The Balaban J connectivity index is 2.27. The van der Waals surface area contributed by atoms with Crippen molar-refractivity contribution < 1.29 is 36.2 Å². The molecule has 0 heterocycles. The number of anilines is 1. The van der Waals surface area contributed by atoms with Crippen LogP contribution in [-0.4, -0.2) is 19.1 Å². The minimum absolute atomic E-state index is 0.0258. The van der Waals surface area contributed by atoms with Gasteiger partial charge in [-0.25, -0.2) is 0 Å². The molecular formula is C20H15F5N2O3. The van der Waals surface area contributed by atoms with Crippen LogP contribution in [0, 0.1) is 11.3 Å². The van der Waals surface area contributed by atoms with Crippen LogP contribution in [0.2, 0.25) is 0 Å². The molecule has 0 spiro atoms. The van der Waals surface area contributed by atoms with E-state index in [1.54, 1.807) is 13.0 Å². The highest BCUT2D eigenvalue weighted by Gasteiger charge is 2.30. The lowest BCUT2D eigenvalue weighted by atomic mass is 10.1. The van der Waals surface area contributed by atoms with Gasteiger partial charge in [-0.15, -0.1) is 0 Å². The molecule has 0 aliphatic carbocycles. The Hall–Kier alpha value is -3.61. The van der Waals surface area contributed by atoms with Crippen molar-refractivity contribution >= 4 is 17.7 Å². The van der Waals surface area contributed by atoms with E-state index >= 15 is 0 Å². The second kappa shape index (κ2) is 9.73. The van der Waals surface area contributed by atoms with E-state index < -0.39 is 29.8 Å². The van der Waals surface area contributed by atoms with E-state index in [1.165, 1.54) is 24.3 Å². The topological polar surface area (TPSA) is 71.3 Å². The third-order valence-electron chi connectivity index (χ3n) is 3.61. The van der Waals surface area contributed by atoms with Crippen LogP contribution in [0.25, 0.3) is 6.08 Å². The molecule has 0 unspecified atom stereocenters. The fourth-order valence-corrected chi connectivity index (χ4v) is 2.36. The standard InChI is InChI=1S/C20H15F5N2O3/c1-2-29-17-9-12(6-7-16(17)30-19(21)22)8-13(11-26)18(28)27-15-5-3-4-14(10-15)20(23,24)25/h3-10,19H,2H2,1H3,(H,27,28)/b13-8+. The van der Waals surface area contributed by atoms with Crippen LogP contribution in [0.1, 0.15) is 18.1 Å². The van der Waals surface area contributed by atoms with E-state index in [0.29, 0.717) is 0 Å². The van der Waals surface area contributed by atoms with Crippen molar-refractivity contribution in [1.82, 2.24) is 0 Å². The average molecular weight is 426 g/mol.